The summed E-state index contributed by atoms with van der Waals surface area (Å²) in [6.45, 7) is -0.558. The van der Waals surface area contributed by atoms with Crippen molar-refractivity contribution in [3.63, 3.8) is 0 Å². The minimum Gasteiger partial charge on any atom is -0.476 e. The fourth-order valence-electron chi connectivity index (χ4n) is 0.909. The van der Waals surface area contributed by atoms with Gasteiger partial charge in [-0.3, -0.25) is 0 Å². The lowest BCUT2D eigenvalue weighted by atomic mass is 10.3. The standard InChI is InChI=1S/C9H7ClF2O3S/c1-14-8(13)4-15-9-6(11)2-5(16-10)3-7(9)12/h2-3H,4H2,1H3. The summed E-state index contributed by atoms with van der Waals surface area (Å²) in [5.74, 6) is -3.20. The molecule has 3 nitrogen and oxygen atoms in total. The van der Waals surface area contributed by atoms with Crippen LogP contribution in [0.25, 0.3) is 0 Å². The molecule has 0 N–H and O–H groups in total. The maximum atomic E-state index is 13.3. The van der Waals surface area contributed by atoms with E-state index in [-0.39, 0.29) is 4.90 Å². The van der Waals surface area contributed by atoms with E-state index in [4.69, 9.17) is 10.7 Å². The molecule has 1 rings (SSSR count). The Kier molecular flexibility index (Phi) is 4.82. The topological polar surface area (TPSA) is 35.5 Å². The van der Waals surface area contributed by atoms with Gasteiger partial charge in [0.1, 0.15) is 0 Å². The van der Waals surface area contributed by atoms with E-state index in [1.165, 1.54) is 0 Å². The van der Waals surface area contributed by atoms with Crippen LogP contribution in [0.2, 0.25) is 0 Å². The maximum absolute atomic E-state index is 13.3. The first kappa shape index (κ1) is 13.1. The smallest absolute Gasteiger partial charge is 0.343 e. The van der Waals surface area contributed by atoms with Gasteiger partial charge in [-0.15, -0.1) is 0 Å². The Morgan fingerprint density at radius 1 is 1.44 bits per heavy atom. The van der Waals surface area contributed by atoms with E-state index >= 15 is 0 Å². The summed E-state index contributed by atoms with van der Waals surface area (Å²) in [7, 11) is 7.17. The Morgan fingerprint density at radius 3 is 2.44 bits per heavy atom. The van der Waals surface area contributed by atoms with Crippen LogP contribution < -0.4 is 4.74 Å². The molecule has 0 bridgehead atoms. The van der Waals surface area contributed by atoms with E-state index in [9.17, 15) is 13.6 Å². The second-order valence-electron chi connectivity index (χ2n) is 2.66. The highest BCUT2D eigenvalue weighted by Gasteiger charge is 2.14. The highest BCUT2D eigenvalue weighted by atomic mass is 35.7. The van der Waals surface area contributed by atoms with Crippen LogP contribution in [0.4, 0.5) is 8.78 Å². The zero-order valence-corrected chi connectivity index (χ0v) is 9.70. The van der Waals surface area contributed by atoms with E-state index in [2.05, 4.69) is 9.47 Å². The van der Waals surface area contributed by atoms with Crippen LogP contribution in [-0.4, -0.2) is 19.7 Å². The van der Waals surface area contributed by atoms with Gasteiger partial charge >= 0.3 is 5.97 Å². The lowest BCUT2D eigenvalue weighted by molar-refractivity contribution is -0.143. The molecule has 0 fully saturated rings. The van der Waals surface area contributed by atoms with Crippen molar-refractivity contribution in [3.8, 4) is 5.75 Å². The van der Waals surface area contributed by atoms with Crippen molar-refractivity contribution in [2.45, 2.75) is 4.90 Å². The summed E-state index contributed by atoms with van der Waals surface area (Å²) in [4.78, 5) is 10.9. The zero-order chi connectivity index (χ0) is 12.1. The van der Waals surface area contributed by atoms with Gasteiger partial charge in [0.2, 0.25) is 0 Å². The van der Waals surface area contributed by atoms with Crippen molar-refractivity contribution in [3.05, 3.63) is 23.8 Å². The Bertz CT molecular complexity index is 377. The van der Waals surface area contributed by atoms with Crippen LogP contribution in [0.3, 0.4) is 0 Å². The normalized spacial score (nSPS) is 10.0. The molecule has 1 aromatic rings. The average Bonchev–Trinajstić information content (AvgIpc) is 2.27. The summed E-state index contributed by atoms with van der Waals surface area (Å²) >= 11 is 0. The van der Waals surface area contributed by atoms with Crippen LogP contribution in [-0.2, 0) is 9.53 Å². The first-order chi connectivity index (χ1) is 7.58. The third kappa shape index (κ3) is 3.24. The molecule has 0 aliphatic rings. The molecule has 0 saturated heterocycles. The summed E-state index contributed by atoms with van der Waals surface area (Å²) in [6.07, 6.45) is 0. The molecule has 0 unspecified atom stereocenters. The molecule has 16 heavy (non-hydrogen) atoms. The van der Waals surface area contributed by atoms with Gasteiger partial charge in [0.05, 0.1) is 7.11 Å². The average molecular weight is 269 g/mol. The molecule has 0 amide bonds. The SMILES string of the molecule is COC(=O)COc1c(F)cc(SCl)cc1F. The van der Waals surface area contributed by atoms with Gasteiger partial charge < -0.3 is 9.47 Å². The van der Waals surface area contributed by atoms with Gasteiger partial charge in [-0.25, -0.2) is 13.6 Å². The Morgan fingerprint density at radius 2 is 2.00 bits per heavy atom. The van der Waals surface area contributed by atoms with E-state index in [0.717, 1.165) is 19.2 Å². The molecule has 7 heteroatoms. The number of ether oxygens (including phenoxy) is 2. The molecule has 0 heterocycles. The molecule has 0 aliphatic carbocycles. The quantitative estimate of drug-likeness (QED) is 0.787. The minimum absolute atomic E-state index is 0.210. The van der Waals surface area contributed by atoms with E-state index < -0.39 is 30.0 Å². The van der Waals surface area contributed by atoms with Crippen molar-refractivity contribution in [1.82, 2.24) is 0 Å². The number of hydrogen-bond acceptors (Lipinski definition) is 4. The van der Waals surface area contributed by atoms with Crippen LogP contribution in [0, 0.1) is 11.6 Å². The Balaban J connectivity index is 2.84. The predicted molar refractivity (Wildman–Crippen MR) is 55.6 cm³/mol. The van der Waals surface area contributed by atoms with Gasteiger partial charge in [-0.2, -0.15) is 0 Å². The summed E-state index contributed by atoms with van der Waals surface area (Å²) < 4.78 is 35.4. The second-order valence-corrected chi connectivity index (χ2v) is 3.75. The number of halogens is 3. The van der Waals surface area contributed by atoms with Gasteiger partial charge in [0.25, 0.3) is 0 Å². The number of carbonyl (C=O) groups is 1. The zero-order valence-electron chi connectivity index (χ0n) is 8.13. The first-order valence-corrected chi connectivity index (χ1v) is 5.70. The maximum Gasteiger partial charge on any atom is 0.343 e. The van der Waals surface area contributed by atoms with Crippen molar-refractivity contribution in [2.24, 2.45) is 0 Å². The van der Waals surface area contributed by atoms with Gasteiger partial charge in [0, 0.05) is 4.90 Å². The number of esters is 1. The van der Waals surface area contributed by atoms with Crippen LogP contribution >= 0.6 is 21.7 Å². The lowest BCUT2D eigenvalue weighted by Gasteiger charge is -2.07. The Hall–Kier alpha value is -1.01. The molecule has 0 spiro atoms. The monoisotopic (exact) mass is 268 g/mol. The Labute approximate surface area is 99.2 Å². The van der Waals surface area contributed by atoms with Crippen molar-refractivity contribution in [1.29, 1.82) is 0 Å². The third-order valence-electron chi connectivity index (χ3n) is 1.62. The van der Waals surface area contributed by atoms with Crippen LogP contribution in [0.15, 0.2) is 17.0 Å². The number of rotatable bonds is 4. The predicted octanol–water partition coefficient (Wildman–Crippen LogP) is 2.76. The van der Waals surface area contributed by atoms with Gasteiger partial charge in [-0.05, 0) is 33.8 Å². The fraction of sp³-hybridized carbons (Fsp3) is 0.222. The number of benzene rings is 1. The first-order valence-electron chi connectivity index (χ1n) is 4.05. The summed E-state index contributed by atoms with van der Waals surface area (Å²) in [5, 5.41) is 0. The summed E-state index contributed by atoms with van der Waals surface area (Å²) in [6, 6.07) is 2.01. The lowest BCUT2D eigenvalue weighted by Crippen LogP contribution is -2.14. The van der Waals surface area contributed by atoms with E-state index in [1.54, 1.807) is 0 Å². The van der Waals surface area contributed by atoms with Crippen LogP contribution in [0.5, 0.6) is 5.75 Å². The largest absolute Gasteiger partial charge is 0.476 e. The molecule has 0 aromatic heterocycles. The molecular formula is C9H7ClF2O3S. The molecular weight excluding hydrogens is 262 g/mol. The highest BCUT2D eigenvalue weighted by molar-refractivity contribution is 8.21. The molecule has 1 aromatic carbocycles. The molecule has 0 radical (unpaired) electrons. The van der Waals surface area contributed by atoms with Crippen molar-refractivity contribution < 1.29 is 23.0 Å². The van der Waals surface area contributed by atoms with E-state index in [1.807, 2.05) is 0 Å². The molecule has 88 valence electrons. The number of methoxy groups -OCH3 is 1. The van der Waals surface area contributed by atoms with E-state index in [0.29, 0.717) is 11.0 Å². The van der Waals surface area contributed by atoms with Crippen LogP contribution in [0.1, 0.15) is 0 Å². The van der Waals surface area contributed by atoms with Crippen molar-refractivity contribution >= 4 is 27.6 Å². The van der Waals surface area contributed by atoms with Gasteiger partial charge in [0.15, 0.2) is 24.0 Å². The third-order valence-corrected chi connectivity index (χ3v) is 2.57. The fourth-order valence-corrected chi connectivity index (χ4v) is 1.47. The highest BCUT2D eigenvalue weighted by Crippen LogP contribution is 2.30. The van der Waals surface area contributed by atoms with Crippen molar-refractivity contribution in [2.75, 3.05) is 13.7 Å². The minimum atomic E-state index is -0.924. The molecule has 0 saturated carbocycles. The molecule has 0 aliphatic heterocycles. The summed E-state index contributed by atoms with van der Waals surface area (Å²) in [5.41, 5.74) is 0. The second kappa shape index (κ2) is 5.91. The van der Waals surface area contributed by atoms with Gasteiger partial charge in [-0.1, -0.05) is 0 Å². The number of hydrogen-bond donors (Lipinski definition) is 0. The number of carbonyl (C=O) groups excluding carboxylic acids is 1. The molecule has 0 atom stereocenters.